The van der Waals surface area contributed by atoms with E-state index in [1.54, 1.807) is 17.9 Å². The molecule has 2 rings (SSSR count). The van der Waals surface area contributed by atoms with E-state index in [0.717, 1.165) is 19.4 Å². The Labute approximate surface area is 125 Å². The molecule has 1 saturated heterocycles. The summed E-state index contributed by atoms with van der Waals surface area (Å²) in [7, 11) is -1.86. The Morgan fingerprint density at radius 2 is 2.14 bits per heavy atom. The minimum atomic E-state index is -3.75. The van der Waals surface area contributed by atoms with Gasteiger partial charge in [0.1, 0.15) is 0 Å². The van der Waals surface area contributed by atoms with Crippen molar-refractivity contribution in [2.45, 2.75) is 30.7 Å². The number of likely N-dealkylation sites (N-methyl/N-ethyl adjacent to an activating group) is 1. The maximum atomic E-state index is 12.5. The van der Waals surface area contributed by atoms with Crippen LogP contribution in [0.3, 0.4) is 0 Å². The van der Waals surface area contributed by atoms with Crippen molar-refractivity contribution in [2.75, 3.05) is 20.1 Å². The Bertz CT molecular complexity index is 643. The molecule has 0 spiro atoms. The molecule has 7 heteroatoms. The molecule has 0 saturated carbocycles. The van der Waals surface area contributed by atoms with Gasteiger partial charge in [-0.1, -0.05) is 0 Å². The van der Waals surface area contributed by atoms with E-state index >= 15 is 0 Å². The van der Waals surface area contributed by atoms with Crippen molar-refractivity contribution in [1.82, 2.24) is 10.2 Å². The minimum Gasteiger partial charge on any atom is -0.337 e. The molecule has 21 heavy (non-hydrogen) atoms. The van der Waals surface area contributed by atoms with E-state index in [-0.39, 0.29) is 10.8 Å². The Kier molecular flexibility index (Phi) is 4.65. The van der Waals surface area contributed by atoms with E-state index in [0.29, 0.717) is 23.7 Å². The van der Waals surface area contributed by atoms with Crippen molar-refractivity contribution in [3.8, 4) is 0 Å². The summed E-state index contributed by atoms with van der Waals surface area (Å²) in [5, 5.41) is 8.32. The Hall–Kier alpha value is -1.44. The topological polar surface area (TPSA) is 92.5 Å². The van der Waals surface area contributed by atoms with Crippen LogP contribution in [-0.2, 0) is 10.0 Å². The number of primary sulfonamides is 1. The summed E-state index contributed by atoms with van der Waals surface area (Å²) in [6.45, 7) is 3.04. The fourth-order valence-electron chi connectivity index (χ4n) is 2.68. The zero-order valence-corrected chi connectivity index (χ0v) is 13.1. The average Bonchev–Trinajstić information content (AvgIpc) is 2.45. The van der Waals surface area contributed by atoms with Crippen LogP contribution in [0.2, 0.25) is 0 Å². The highest BCUT2D eigenvalue weighted by Gasteiger charge is 2.24. The molecular weight excluding hydrogens is 290 g/mol. The first-order chi connectivity index (χ1) is 9.82. The third-order valence-corrected chi connectivity index (χ3v) is 4.92. The van der Waals surface area contributed by atoms with E-state index in [9.17, 15) is 13.2 Å². The highest BCUT2D eigenvalue weighted by molar-refractivity contribution is 7.89. The number of likely N-dealkylation sites (tertiary alicyclic amines) is 1. The Balaban J connectivity index is 2.22. The van der Waals surface area contributed by atoms with Crippen molar-refractivity contribution in [2.24, 2.45) is 5.14 Å². The van der Waals surface area contributed by atoms with Crippen LogP contribution in [-0.4, -0.2) is 45.4 Å². The Morgan fingerprint density at radius 3 is 2.71 bits per heavy atom. The number of sulfonamides is 1. The van der Waals surface area contributed by atoms with Crippen molar-refractivity contribution in [3.05, 3.63) is 29.3 Å². The SMILES string of the molecule is CN[C@H]1CCCN(C(=O)c2ccc(S(N)(=O)=O)c(C)c2)C1. The van der Waals surface area contributed by atoms with Gasteiger partial charge in [-0.2, -0.15) is 0 Å². The van der Waals surface area contributed by atoms with E-state index in [2.05, 4.69) is 5.32 Å². The molecule has 0 radical (unpaired) electrons. The molecule has 1 aliphatic heterocycles. The standard InChI is InChI=1S/C14H21N3O3S/c1-10-8-11(5-6-13(10)21(15,19)20)14(18)17-7-3-4-12(9-17)16-2/h5-6,8,12,16H,3-4,7,9H2,1-2H3,(H2,15,19,20)/t12-/m0/s1. The van der Waals surface area contributed by atoms with Gasteiger partial charge in [0, 0.05) is 24.7 Å². The molecule has 0 aromatic heterocycles. The maximum absolute atomic E-state index is 12.5. The highest BCUT2D eigenvalue weighted by atomic mass is 32.2. The molecule has 1 heterocycles. The second kappa shape index (κ2) is 6.13. The smallest absolute Gasteiger partial charge is 0.253 e. The van der Waals surface area contributed by atoms with Gasteiger partial charge >= 0.3 is 0 Å². The lowest BCUT2D eigenvalue weighted by atomic mass is 10.0. The monoisotopic (exact) mass is 311 g/mol. The molecule has 1 aromatic carbocycles. The number of nitrogens with two attached hydrogens (primary N) is 1. The van der Waals surface area contributed by atoms with Crippen LogP contribution in [0, 0.1) is 6.92 Å². The number of benzene rings is 1. The molecule has 1 amide bonds. The van der Waals surface area contributed by atoms with Crippen LogP contribution in [0.25, 0.3) is 0 Å². The predicted octanol–water partition coefficient (Wildman–Crippen LogP) is 0.466. The fourth-order valence-corrected chi connectivity index (χ4v) is 3.45. The molecule has 1 aromatic rings. The lowest BCUT2D eigenvalue weighted by molar-refractivity contribution is 0.0698. The number of piperidine rings is 1. The number of nitrogens with zero attached hydrogens (tertiary/aromatic N) is 1. The van der Waals surface area contributed by atoms with Crippen molar-refractivity contribution < 1.29 is 13.2 Å². The molecule has 0 aliphatic carbocycles. The number of hydrogen-bond donors (Lipinski definition) is 2. The largest absolute Gasteiger partial charge is 0.337 e. The molecule has 116 valence electrons. The summed E-state index contributed by atoms with van der Waals surface area (Å²) < 4.78 is 22.8. The van der Waals surface area contributed by atoms with Gasteiger partial charge in [-0.15, -0.1) is 0 Å². The van der Waals surface area contributed by atoms with E-state index in [4.69, 9.17) is 5.14 Å². The first-order valence-corrected chi connectivity index (χ1v) is 8.47. The highest BCUT2D eigenvalue weighted by Crippen LogP contribution is 2.18. The maximum Gasteiger partial charge on any atom is 0.253 e. The van der Waals surface area contributed by atoms with Crippen LogP contribution in [0.5, 0.6) is 0 Å². The minimum absolute atomic E-state index is 0.0609. The third-order valence-electron chi connectivity index (χ3n) is 3.85. The number of carbonyl (C=O) groups is 1. The van der Waals surface area contributed by atoms with Crippen LogP contribution >= 0.6 is 0 Å². The summed E-state index contributed by atoms with van der Waals surface area (Å²) >= 11 is 0. The second-order valence-electron chi connectivity index (χ2n) is 5.40. The molecule has 0 unspecified atom stereocenters. The van der Waals surface area contributed by atoms with Crippen molar-refractivity contribution in [3.63, 3.8) is 0 Å². The van der Waals surface area contributed by atoms with Crippen LogP contribution in [0.4, 0.5) is 0 Å². The van der Waals surface area contributed by atoms with Gasteiger partial charge in [-0.05, 0) is 50.6 Å². The zero-order valence-electron chi connectivity index (χ0n) is 12.3. The summed E-state index contributed by atoms with van der Waals surface area (Å²) in [4.78, 5) is 14.4. The summed E-state index contributed by atoms with van der Waals surface area (Å²) in [5.41, 5.74) is 0.988. The normalized spacial score (nSPS) is 19.6. The molecular formula is C14H21N3O3S. The zero-order chi connectivity index (χ0) is 15.6. The van der Waals surface area contributed by atoms with Crippen molar-refractivity contribution in [1.29, 1.82) is 0 Å². The third kappa shape index (κ3) is 3.61. The number of carbonyl (C=O) groups excluding carboxylic acids is 1. The van der Waals surface area contributed by atoms with Gasteiger partial charge in [0.25, 0.3) is 5.91 Å². The second-order valence-corrected chi connectivity index (χ2v) is 6.93. The van der Waals surface area contributed by atoms with Gasteiger partial charge in [0.2, 0.25) is 10.0 Å². The number of nitrogens with one attached hydrogen (secondary N) is 1. The molecule has 6 nitrogen and oxygen atoms in total. The van der Waals surface area contributed by atoms with Gasteiger partial charge in [-0.25, -0.2) is 13.6 Å². The summed E-state index contributed by atoms with van der Waals surface area (Å²) in [6, 6.07) is 4.83. The first-order valence-electron chi connectivity index (χ1n) is 6.93. The summed E-state index contributed by atoms with van der Waals surface area (Å²) in [5.74, 6) is -0.0704. The lowest BCUT2D eigenvalue weighted by Crippen LogP contribution is -2.47. The van der Waals surface area contributed by atoms with Crippen molar-refractivity contribution >= 4 is 15.9 Å². The van der Waals surface area contributed by atoms with Gasteiger partial charge in [0.05, 0.1) is 4.90 Å². The fraction of sp³-hybridized carbons (Fsp3) is 0.500. The molecule has 1 atom stereocenters. The quantitative estimate of drug-likeness (QED) is 0.848. The van der Waals surface area contributed by atoms with Gasteiger partial charge < -0.3 is 10.2 Å². The van der Waals surface area contributed by atoms with Gasteiger partial charge in [0.15, 0.2) is 0 Å². The molecule has 1 aliphatic rings. The molecule has 1 fully saturated rings. The van der Waals surface area contributed by atoms with E-state index < -0.39 is 10.0 Å². The van der Waals surface area contributed by atoms with Crippen LogP contribution < -0.4 is 10.5 Å². The van der Waals surface area contributed by atoms with E-state index in [1.165, 1.54) is 12.1 Å². The molecule has 0 bridgehead atoms. The molecule has 3 N–H and O–H groups in total. The van der Waals surface area contributed by atoms with Crippen LogP contribution in [0.1, 0.15) is 28.8 Å². The number of amides is 1. The first kappa shape index (κ1) is 15.9. The number of rotatable bonds is 3. The van der Waals surface area contributed by atoms with Gasteiger partial charge in [-0.3, -0.25) is 4.79 Å². The Morgan fingerprint density at radius 1 is 1.43 bits per heavy atom. The number of hydrogen-bond acceptors (Lipinski definition) is 4. The number of aryl methyl sites for hydroxylation is 1. The lowest BCUT2D eigenvalue weighted by Gasteiger charge is -2.32. The average molecular weight is 311 g/mol. The summed E-state index contributed by atoms with van der Waals surface area (Å²) in [6.07, 6.45) is 2.02. The van der Waals surface area contributed by atoms with E-state index in [1.807, 2.05) is 7.05 Å². The van der Waals surface area contributed by atoms with Crippen LogP contribution in [0.15, 0.2) is 23.1 Å². The predicted molar refractivity (Wildman–Crippen MR) is 80.5 cm³/mol.